The molecule has 6 heteroatoms. The van der Waals surface area contributed by atoms with Gasteiger partial charge >= 0.3 is 0 Å². The van der Waals surface area contributed by atoms with E-state index in [1.807, 2.05) is 16.9 Å². The standard InChI is InChI=1S/C15H26N4O.ClH/c1-14(2,3)5-11-17-13(20)15(6-9-16-10-7-15)19-12-4-8-18-19;/h4,8,12,16H,5-7,9-11H2,1-3H3,(H,17,20);1H. The summed E-state index contributed by atoms with van der Waals surface area (Å²) in [7, 11) is 0. The van der Waals surface area contributed by atoms with Crippen LogP contribution in [0.2, 0.25) is 0 Å². The number of piperidine rings is 1. The van der Waals surface area contributed by atoms with Gasteiger partial charge < -0.3 is 10.6 Å². The molecule has 0 spiro atoms. The number of amides is 1. The molecule has 1 aromatic heterocycles. The van der Waals surface area contributed by atoms with Crippen molar-refractivity contribution in [1.82, 2.24) is 20.4 Å². The second-order valence-corrected chi connectivity index (χ2v) is 6.80. The van der Waals surface area contributed by atoms with Crippen LogP contribution in [0.5, 0.6) is 0 Å². The van der Waals surface area contributed by atoms with Crippen LogP contribution in [0, 0.1) is 5.41 Å². The number of hydrogen-bond acceptors (Lipinski definition) is 3. The van der Waals surface area contributed by atoms with E-state index < -0.39 is 5.54 Å². The number of aromatic nitrogens is 2. The van der Waals surface area contributed by atoms with Gasteiger partial charge in [-0.05, 0) is 43.8 Å². The normalized spacial score (nSPS) is 17.9. The average Bonchev–Trinajstić information content (AvgIpc) is 2.92. The highest BCUT2D eigenvalue weighted by Crippen LogP contribution is 2.27. The summed E-state index contributed by atoms with van der Waals surface area (Å²) < 4.78 is 1.83. The monoisotopic (exact) mass is 314 g/mol. The van der Waals surface area contributed by atoms with E-state index in [1.165, 1.54) is 0 Å². The van der Waals surface area contributed by atoms with Crippen LogP contribution < -0.4 is 10.6 Å². The van der Waals surface area contributed by atoms with Crippen LogP contribution in [-0.4, -0.2) is 35.3 Å². The second-order valence-electron chi connectivity index (χ2n) is 6.80. The van der Waals surface area contributed by atoms with Crippen LogP contribution >= 0.6 is 12.4 Å². The fourth-order valence-corrected chi connectivity index (χ4v) is 2.64. The van der Waals surface area contributed by atoms with Crippen molar-refractivity contribution in [3.8, 4) is 0 Å². The molecule has 0 aliphatic carbocycles. The zero-order valence-electron chi connectivity index (χ0n) is 13.2. The third-order valence-electron chi connectivity index (χ3n) is 3.96. The van der Waals surface area contributed by atoms with E-state index in [4.69, 9.17) is 0 Å². The topological polar surface area (TPSA) is 59.0 Å². The smallest absolute Gasteiger partial charge is 0.248 e. The Bertz CT molecular complexity index is 433. The Morgan fingerprint density at radius 1 is 1.38 bits per heavy atom. The Morgan fingerprint density at radius 3 is 2.57 bits per heavy atom. The predicted molar refractivity (Wildman–Crippen MR) is 86.6 cm³/mol. The number of nitrogens with one attached hydrogen (secondary N) is 2. The average molecular weight is 315 g/mol. The Labute approximate surface area is 133 Å². The summed E-state index contributed by atoms with van der Waals surface area (Å²) in [5.74, 6) is 0.104. The number of rotatable bonds is 4. The van der Waals surface area contributed by atoms with Gasteiger partial charge in [0.25, 0.3) is 0 Å². The fraction of sp³-hybridized carbons (Fsp3) is 0.733. The number of carbonyl (C=O) groups is 1. The maximum Gasteiger partial charge on any atom is 0.248 e. The van der Waals surface area contributed by atoms with E-state index >= 15 is 0 Å². The second kappa shape index (κ2) is 7.27. The molecule has 0 saturated carbocycles. The van der Waals surface area contributed by atoms with Gasteiger partial charge in [-0.3, -0.25) is 9.48 Å². The van der Waals surface area contributed by atoms with Crippen molar-refractivity contribution in [2.24, 2.45) is 5.41 Å². The third-order valence-corrected chi connectivity index (χ3v) is 3.96. The first-order chi connectivity index (χ1) is 9.44. The van der Waals surface area contributed by atoms with Crippen LogP contribution in [0.1, 0.15) is 40.0 Å². The number of hydrogen-bond donors (Lipinski definition) is 2. The molecule has 0 unspecified atom stereocenters. The SMILES string of the molecule is CC(C)(C)CCNC(=O)C1(n2cccn2)CCNCC1.Cl. The van der Waals surface area contributed by atoms with Crippen LogP contribution in [-0.2, 0) is 10.3 Å². The molecule has 0 radical (unpaired) electrons. The first-order valence-corrected chi connectivity index (χ1v) is 7.43. The van der Waals surface area contributed by atoms with E-state index in [2.05, 4.69) is 36.5 Å². The minimum atomic E-state index is -0.521. The van der Waals surface area contributed by atoms with Gasteiger partial charge in [-0.25, -0.2) is 0 Å². The van der Waals surface area contributed by atoms with Gasteiger partial charge in [0.05, 0.1) is 0 Å². The molecule has 2 N–H and O–H groups in total. The van der Waals surface area contributed by atoms with Crippen LogP contribution in [0.4, 0.5) is 0 Å². The van der Waals surface area contributed by atoms with Gasteiger partial charge in [0.2, 0.25) is 5.91 Å². The quantitative estimate of drug-likeness (QED) is 0.893. The van der Waals surface area contributed by atoms with Crippen molar-refractivity contribution >= 4 is 18.3 Å². The minimum Gasteiger partial charge on any atom is -0.354 e. The van der Waals surface area contributed by atoms with Crippen molar-refractivity contribution in [3.63, 3.8) is 0 Å². The summed E-state index contributed by atoms with van der Waals surface area (Å²) in [6.45, 7) is 8.99. The summed E-state index contributed by atoms with van der Waals surface area (Å²) in [5.41, 5.74) is -0.285. The van der Waals surface area contributed by atoms with E-state index in [0.29, 0.717) is 0 Å². The lowest BCUT2D eigenvalue weighted by molar-refractivity contribution is -0.132. The predicted octanol–water partition coefficient (Wildman–Crippen LogP) is 1.94. The van der Waals surface area contributed by atoms with Gasteiger partial charge in [-0.2, -0.15) is 5.10 Å². The number of halogens is 1. The lowest BCUT2D eigenvalue weighted by Crippen LogP contribution is -2.54. The van der Waals surface area contributed by atoms with Gasteiger partial charge in [0.15, 0.2) is 0 Å². The fourth-order valence-electron chi connectivity index (χ4n) is 2.64. The number of nitrogens with zero attached hydrogens (tertiary/aromatic N) is 2. The van der Waals surface area contributed by atoms with Gasteiger partial charge in [0.1, 0.15) is 5.54 Å². The lowest BCUT2D eigenvalue weighted by atomic mass is 9.87. The lowest BCUT2D eigenvalue weighted by Gasteiger charge is -2.36. The molecule has 2 rings (SSSR count). The Morgan fingerprint density at radius 2 is 2.05 bits per heavy atom. The van der Waals surface area contributed by atoms with Crippen molar-refractivity contribution in [3.05, 3.63) is 18.5 Å². The highest BCUT2D eigenvalue weighted by atomic mass is 35.5. The molecular weight excluding hydrogens is 288 g/mol. The zero-order valence-corrected chi connectivity index (χ0v) is 14.0. The summed E-state index contributed by atoms with van der Waals surface area (Å²) in [6, 6.07) is 1.88. The molecule has 0 bridgehead atoms. The van der Waals surface area contributed by atoms with Crippen LogP contribution in [0.15, 0.2) is 18.5 Å². The maximum atomic E-state index is 12.7. The van der Waals surface area contributed by atoms with E-state index in [-0.39, 0.29) is 23.7 Å². The molecule has 2 heterocycles. The van der Waals surface area contributed by atoms with Gasteiger partial charge in [-0.1, -0.05) is 20.8 Å². The van der Waals surface area contributed by atoms with Crippen molar-refractivity contribution in [2.75, 3.05) is 19.6 Å². The molecule has 1 saturated heterocycles. The Kier molecular flexibility index (Phi) is 6.23. The molecular formula is C15H27ClN4O. The number of carbonyl (C=O) groups excluding carboxylic acids is 1. The highest BCUT2D eigenvalue weighted by Gasteiger charge is 2.41. The summed E-state index contributed by atoms with van der Waals surface area (Å²) in [5, 5.41) is 10.7. The minimum absolute atomic E-state index is 0. The van der Waals surface area contributed by atoms with Crippen LogP contribution in [0.25, 0.3) is 0 Å². The maximum absolute atomic E-state index is 12.7. The first-order valence-electron chi connectivity index (χ1n) is 7.43. The van der Waals surface area contributed by atoms with E-state index in [9.17, 15) is 4.79 Å². The molecule has 1 aliphatic heterocycles. The molecule has 120 valence electrons. The molecule has 0 aromatic carbocycles. The van der Waals surface area contributed by atoms with Crippen LogP contribution in [0.3, 0.4) is 0 Å². The summed E-state index contributed by atoms with van der Waals surface area (Å²) in [4.78, 5) is 12.7. The molecule has 1 aliphatic rings. The molecule has 5 nitrogen and oxygen atoms in total. The third kappa shape index (κ3) is 4.45. The highest BCUT2D eigenvalue weighted by molar-refractivity contribution is 5.85. The molecule has 1 fully saturated rings. The first kappa shape index (κ1) is 18.0. The van der Waals surface area contributed by atoms with E-state index in [1.54, 1.807) is 6.20 Å². The van der Waals surface area contributed by atoms with Crippen molar-refractivity contribution < 1.29 is 4.79 Å². The van der Waals surface area contributed by atoms with Crippen molar-refractivity contribution in [1.29, 1.82) is 0 Å². The van der Waals surface area contributed by atoms with Crippen molar-refractivity contribution in [2.45, 2.75) is 45.6 Å². The largest absolute Gasteiger partial charge is 0.354 e. The summed E-state index contributed by atoms with van der Waals surface area (Å²) >= 11 is 0. The summed E-state index contributed by atoms with van der Waals surface area (Å²) in [6.07, 6.45) is 6.19. The molecule has 1 aromatic rings. The van der Waals surface area contributed by atoms with E-state index in [0.717, 1.165) is 38.9 Å². The Balaban J connectivity index is 0.00000220. The Hall–Kier alpha value is -1.07. The van der Waals surface area contributed by atoms with Gasteiger partial charge in [-0.15, -0.1) is 12.4 Å². The molecule has 1 amide bonds. The molecule has 0 atom stereocenters. The zero-order chi connectivity index (χ0) is 14.6. The van der Waals surface area contributed by atoms with Gasteiger partial charge in [0, 0.05) is 18.9 Å². The molecule has 21 heavy (non-hydrogen) atoms.